The van der Waals surface area contributed by atoms with Gasteiger partial charge in [-0.15, -0.1) is 0 Å². The van der Waals surface area contributed by atoms with Crippen LogP contribution in [0.2, 0.25) is 0 Å². The Morgan fingerprint density at radius 2 is 2.29 bits per heavy atom. The number of para-hydroxylation sites is 1. The van der Waals surface area contributed by atoms with Crippen LogP contribution in [-0.4, -0.2) is 30.5 Å². The number of nitrogens with one attached hydrogen (secondary N) is 1. The smallest absolute Gasteiger partial charge is 0.242 e. The highest BCUT2D eigenvalue weighted by atomic mass is 16.2. The zero-order chi connectivity index (χ0) is 14.8. The minimum absolute atomic E-state index is 0.00252. The van der Waals surface area contributed by atoms with Gasteiger partial charge >= 0.3 is 0 Å². The lowest BCUT2D eigenvalue weighted by molar-refractivity contribution is -0.121. The van der Waals surface area contributed by atoms with Crippen molar-refractivity contribution < 1.29 is 4.79 Å². The molecule has 1 aromatic heterocycles. The van der Waals surface area contributed by atoms with E-state index in [-0.39, 0.29) is 11.9 Å². The third kappa shape index (κ3) is 2.19. The molecule has 0 saturated carbocycles. The molecule has 1 saturated heterocycles. The molecule has 3 rings (SSSR count). The van der Waals surface area contributed by atoms with Crippen molar-refractivity contribution >= 4 is 22.5 Å². The predicted molar refractivity (Wildman–Crippen MR) is 80.9 cm³/mol. The minimum atomic E-state index is -0.215. The molecule has 1 fully saturated rings. The third-order valence-corrected chi connectivity index (χ3v) is 3.96. The molecule has 0 bridgehead atoms. The van der Waals surface area contributed by atoms with Crippen molar-refractivity contribution in [2.24, 2.45) is 0 Å². The number of carbonyl (C=O) groups excluding carboxylic acids is 1. The van der Waals surface area contributed by atoms with Crippen LogP contribution < -0.4 is 10.2 Å². The van der Waals surface area contributed by atoms with E-state index in [0.29, 0.717) is 5.56 Å². The summed E-state index contributed by atoms with van der Waals surface area (Å²) in [6, 6.07) is 9.72. The Morgan fingerprint density at radius 1 is 1.48 bits per heavy atom. The molecule has 2 aromatic rings. The van der Waals surface area contributed by atoms with Gasteiger partial charge in [-0.2, -0.15) is 5.26 Å². The number of nitriles is 1. The average Bonchev–Trinajstić information content (AvgIpc) is 3.02. The molecule has 0 aliphatic carbocycles. The summed E-state index contributed by atoms with van der Waals surface area (Å²) in [5.41, 5.74) is 2.19. The monoisotopic (exact) mass is 280 g/mol. The number of likely N-dealkylation sites (N-methyl/N-ethyl adjacent to an activating group) is 1. The number of hydrogen-bond donors (Lipinski definition) is 1. The molecule has 1 atom stereocenters. The van der Waals surface area contributed by atoms with Gasteiger partial charge in [0.05, 0.1) is 16.8 Å². The number of pyridine rings is 1. The summed E-state index contributed by atoms with van der Waals surface area (Å²) in [6.07, 6.45) is 3.34. The number of carbonyl (C=O) groups is 1. The van der Waals surface area contributed by atoms with Crippen LogP contribution in [0.4, 0.5) is 5.69 Å². The highest BCUT2D eigenvalue weighted by molar-refractivity contribution is 5.97. The molecule has 106 valence electrons. The summed E-state index contributed by atoms with van der Waals surface area (Å²) < 4.78 is 0. The highest BCUT2D eigenvalue weighted by Gasteiger charge is 2.32. The van der Waals surface area contributed by atoms with E-state index in [1.165, 1.54) is 0 Å². The number of fused-ring (bicyclic) bond motifs is 1. The summed E-state index contributed by atoms with van der Waals surface area (Å²) >= 11 is 0. The van der Waals surface area contributed by atoms with E-state index < -0.39 is 0 Å². The van der Waals surface area contributed by atoms with E-state index >= 15 is 0 Å². The lowest BCUT2D eigenvalue weighted by Gasteiger charge is -2.27. The Hall–Kier alpha value is -2.61. The van der Waals surface area contributed by atoms with E-state index in [9.17, 15) is 10.1 Å². The van der Waals surface area contributed by atoms with E-state index in [4.69, 9.17) is 0 Å². The number of aromatic nitrogens is 1. The van der Waals surface area contributed by atoms with Crippen LogP contribution in [0.25, 0.3) is 10.9 Å². The Kier molecular flexibility index (Phi) is 3.44. The van der Waals surface area contributed by atoms with Crippen molar-refractivity contribution in [2.45, 2.75) is 18.9 Å². The van der Waals surface area contributed by atoms with Crippen molar-refractivity contribution in [3.8, 4) is 6.07 Å². The van der Waals surface area contributed by atoms with Gasteiger partial charge in [-0.1, -0.05) is 18.2 Å². The molecule has 1 amide bonds. The maximum atomic E-state index is 12.1. The second kappa shape index (κ2) is 5.41. The van der Waals surface area contributed by atoms with Crippen LogP contribution in [0.15, 0.2) is 30.5 Å². The van der Waals surface area contributed by atoms with Crippen LogP contribution in [0.1, 0.15) is 18.4 Å². The van der Waals surface area contributed by atoms with E-state index in [0.717, 1.165) is 36.0 Å². The second-order valence-corrected chi connectivity index (χ2v) is 5.12. The molecular weight excluding hydrogens is 264 g/mol. The molecule has 5 heteroatoms. The highest BCUT2D eigenvalue weighted by Crippen LogP contribution is 2.34. The van der Waals surface area contributed by atoms with Crippen molar-refractivity contribution in [3.05, 3.63) is 36.0 Å². The Bertz CT molecular complexity index is 735. The SMILES string of the molecule is CNC(=O)C1CCCN1c1c(C#N)cnc2ccccc12. The summed E-state index contributed by atoms with van der Waals surface area (Å²) in [5, 5.41) is 13.0. The van der Waals surface area contributed by atoms with Crippen LogP contribution in [0.5, 0.6) is 0 Å². The van der Waals surface area contributed by atoms with Crippen LogP contribution in [0, 0.1) is 11.3 Å². The van der Waals surface area contributed by atoms with Gasteiger partial charge in [-0.05, 0) is 18.9 Å². The van der Waals surface area contributed by atoms with Gasteiger partial charge in [0.15, 0.2) is 0 Å². The first-order chi connectivity index (χ1) is 10.3. The van der Waals surface area contributed by atoms with Gasteiger partial charge in [0.2, 0.25) is 5.91 Å². The molecule has 5 nitrogen and oxygen atoms in total. The molecule has 1 aliphatic heterocycles. The van der Waals surface area contributed by atoms with Crippen LogP contribution in [-0.2, 0) is 4.79 Å². The molecule has 1 unspecified atom stereocenters. The van der Waals surface area contributed by atoms with E-state index in [2.05, 4.69) is 16.4 Å². The van der Waals surface area contributed by atoms with E-state index in [1.54, 1.807) is 13.2 Å². The Labute approximate surface area is 123 Å². The van der Waals surface area contributed by atoms with Gasteiger partial charge in [-0.3, -0.25) is 9.78 Å². The van der Waals surface area contributed by atoms with E-state index in [1.807, 2.05) is 29.2 Å². The maximum Gasteiger partial charge on any atom is 0.242 e. The van der Waals surface area contributed by atoms with Gasteiger partial charge < -0.3 is 10.2 Å². The lowest BCUT2D eigenvalue weighted by atomic mass is 10.1. The quantitative estimate of drug-likeness (QED) is 0.911. The molecule has 21 heavy (non-hydrogen) atoms. The number of nitrogens with zero attached hydrogens (tertiary/aromatic N) is 3. The minimum Gasteiger partial charge on any atom is -0.358 e. The fourth-order valence-electron chi connectivity index (χ4n) is 2.99. The average molecular weight is 280 g/mol. The third-order valence-electron chi connectivity index (χ3n) is 3.96. The first kappa shape index (κ1) is 13.4. The largest absolute Gasteiger partial charge is 0.358 e. The molecule has 0 radical (unpaired) electrons. The molecule has 0 spiro atoms. The fraction of sp³-hybridized carbons (Fsp3) is 0.312. The lowest BCUT2D eigenvalue weighted by Crippen LogP contribution is -2.42. The fourth-order valence-corrected chi connectivity index (χ4v) is 2.99. The second-order valence-electron chi connectivity index (χ2n) is 5.12. The Morgan fingerprint density at radius 3 is 3.05 bits per heavy atom. The summed E-state index contributed by atoms with van der Waals surface area (Å²) in [5.74, 6) is -0.00252. The predicted octanol–water partition coefficient (Wildman–Crippen LogP) is 1.82. The van der Waals surface area contributed by atoms with Crippen molar-refractivity contribution in [2.75, 3.05) is 18.5 Å². The number of anilines is 1. The zero-order valence-electron chi connectivity index (χ0n) is 11.8. The summed E-state index contributed by atoms with van der Waals surface area (Å²) in [6.45, 7) is 0.779. The number of hydrogen-bond acceptors (Lipinski definition) is 4. The van der Waals surface area contributed by atoms with Gasteiger partial charge in [-0.25, -0.2) is 0 Å². The maximum absolute atomic E-state index is 12.1. The van der Waals surface area contributed by atoms with Crippen LogP contribution in [0.3, 0.4) is 0 Å². The van der Waals surface area contributed by atoms with Crippen LogP contribution >= 0.6 is 0 Å². The first-order valence-corrected chi connectivity index (χ1v) is 7.02. The normalized spacial score (nSPS) is 17.7. The topological polar surface area (TPSA) is 69.0 Å². The summed E-state index contributed by atoms with van der Waals surface area (Å²) in [7, 11) is 1.65. The number of amides is 1. The number of rotatable bonds is 2. The van der Waals surface area contributed by atoms with Gasteiger partial charge in [0.25, 0.3) is 0 Å². The summed E-state index contributed by atoms with van der Waals surface area (Å²) in [4.78, 5) is 18.4. The molecule has 1 aliphatic rings. The molecule has 1 aromatic carbocycles. The Balaban J connectivity index is 2.19. The molecule has 2 heterocycles. The van der Waals surface area contributed by atoms with Gasteiger partial charge in [0, 0.05) is 25.2 Å². The number of benzene rings is 1. The van der Waals surface area contributed by atoms with Crippen molar-refractivity contribution in [1.29, 1.82) is 5.26 Å². The molecular formula is C16H16N4O. The van der Waals surface area contributed by atoms with Crippen molar-refractivity contribution in [3.63, 3.8) is 0 Å². The molecule has 1 N–H and O–H groups in total. The standard InChI is InChI=1S/C16H16N4O/c1-18-16(21)14-7-4-8-20(14)15-11(9-17)10-19-13-6-3-2-5-12(13)15/h2-3,5-6,10,14H,4,7-8H2,1H3,(H,18,21). The van der Waals surface area contributed by atoms with Crippen molar-refractivity contribution in [1.82, 2.24) is 10.3 Å². The zero-order valence-corrected chi connectivity index (χ0v) is 11.8. The first-order valence-electron chi connectivity index (χ1n) is 7.02. The van der Waals surface area contributed by atoms with Gasteiger partial charge in [0.1, 0.15) is 12.1 Å².